The van der Waals surface area contributed by atoms with E-state index < -0.39 is 0 Å². The lowest BCUT2D eigenvalue weighted by molar-refractivity contribution is 0.0918. The highest BCUT2D eigenvalue weighted by molar-refractivity contribution is 4.73. The van der Waals surface area contributed by atoms with Gasteiger partial charge < -0.3 is 14.5 Å². The van der Waals surface area contributed by atoms with Crippen LogP contribution in [0.1, 0.15) is 19.8 Å². The zero-order valence-corrected chi connectivity index (χ0v) is 10.5. The smallest absolute Gasteiger partial charge is 0.0593 e. The molecule has 1 saturated heterocycles. The van der Waals surface area contributed by atoms with Crippen molar-refractivity contribution in [3.8, 4) is 0 Å². The fourth-order valence-electron chi connectivity index (χ4n) is 2.25. The van der Waals surface area contributed by atoms with E-state index in [1.54, 1.807) is 0 Å². The Morgan fingerprint density at radius 3 is 2.47 bits per heavy atom. The Morgan fingerprint density at radius 2 is 1.93 bits per heavy atom. The normalized spacial score (nSPS) is 20.0. The number of likely N-dealkylation sites (tertiary alicyclic amines) is 1. The largest absolute Gasteiger partial charge is 0.380 e. The molecular formula is C12H26N2O. The Hall–Kier alpha value is -0.120. The van der Waals surface area contributed by atoms with Gasteiger partial charge in [-0.15, -0.1) is 0 Å². The molecule has 1 aliphatic heterocycles. The zero-order valence-electron chi connectivity index (χ0n) is 10.5. The van der Waals surface area contributed by atoms with Crippen LogP contribution in [-0.4, -0.2) is 63.3 Å². The molecule has 0 spiro atoms. The molecular weight excluding hydrogens is 188 g/mol. The minimum absolute atomic E-state index is 0.844. The second-order valence-electron chi connectivity index (χ2n) is 4.74. The first kappa shape index (κ1) is 12.9. The van der Waals surface area contributed by atoms with Gasteiger partial charge in [-0.25, -0.2) is 0 Å². The minimum Gasteiger partial charge on any atom is -0.380 e. The highest BCUT2D eigenvalue weighted by Crippen LogP contribution is 2.17. The highest BCUT2D eigenvalue weighted by Gasteiger charge is 2.18. The summed E-state index contributed by atoms with van der Waals surface area (Å²) in [6.45, 7) is 8.67. The van der Waals surface area contributed by atoms with Crippen molar-refractivity contribution in [3.05, 3.63) is 0 Å². The molecule has 0 aromatic carbocycles. The van der Waals surface area contributed by atoms with E-state index in [9.17, 15) is 0 Å². The monoisotopic (exact) mass is 214 g/mol. The second-order valence-corrected chi connectivity index (χ2v) is 4.74. The molecule has 1 rings (SSSR count). The zero-order chi connectivity index (χ0) is 11.1. The van der Waals surface area contributed by atoms with Gasteiger partial charge in [-0.3, -0.25) is 0 Å². The minimum atomic E-state index is 0.844. The maximum absolute atomic E-state index is 5.38. The van der Waals surface area contributed by atoms with Crippen molar-refractivity contribution in [2.45, 2.75) is 19.8 Å². The predicted octanol–water partition coefficient (Wildman–Crippen LogP) is 1.30. The van der Waals surface area contributed by atoms with Crippen LogP contribution in [0.2, 0.25) is 0 Å². The van der Waals surface area contributed by atoms with Crippen molar-refractivity contribution in [3.63, 3.8) is 0 Å². The van der Waals surface area contributed by atoms with Crippen LogP contribution in [0.15, 0.2) is 0 Å². The molecule has 0 N–H and O–H groups in total. The molecule has 0 amide bonds. The van der Waals surface area contributed by atoms with Gasteiger partial charge in [-0.1, -0.05) is 0 Å². The van der Waals surface area contributed by atoms with Crippen molar-refractivity contribution in [2.75, 3.05) is 53.5 Å². The molecule has 3 nitrogen and oxygen atoms in total. The van der Waals surface area contributed by atoms with E-state index in [4.69, 9.17) is 4.74 Å². The van der Waals surface area contributed by atoms with Gasteiger partial charge in [0.2, 0.25) is 0 Å². The molecule has 1 aliphatic rings. The fourth-order valence-corrected chi connectivity index (χ4v) is 2.25. The number of piperidine rings is 1. The van der Waals surface area contributed by atoms with Gasteiger partial charge in [0, 0.05) is 19.7 Å². The lowest BCUT2D eigenvalue weighted by atomic mass is 9.96. The Balaban J connectivity index is 2.07. The van der Waals surface area contributed by atoms with E-state index in [2.05, 4.69) is 30.8 Å². The number of ether oxygens (including phenoxy) is 1. The molecule has 0 aromatic heterocycles. The predicted molar refractivity (Wildman–Crippen MR) is 64.2 cm³/mol. The van der Waals surface area contributed by atoms with E-state index in [0.29, 0.717) is 0 Å². The summed E-state index contributed by atoms with van der Waals surface area (Å²) < 4.78 is 5.38. The Labute approximate surface area is 94.4 Å². The van der Waals surface area contributed by atoms with Crippen LogP contribution < -0.4 is 0 Å². The first-order valence-corrected chi connectivity index (χ1v) is 6.17. The molecule has 1 fully saturated rings. The first-order chi connectivity index (χ1) is 7.22. The summed E-state index contributed by atoms with van der Waals surface area (Å²) in [5.74, 6) is 0.906. The lowest BCUT2D eigenvalue weighted by Crippen LogP contribution is -2.38. The Bertz CT molecular complexity index is 154. The summed E-state index contributed by atoms with van der Waals surface area (Å²) in [5.41, 5.74) is 0. The molecule has 0 radical (unpaired) electrons. The van der Waals surface area contributed by atoms with E-state index in [1.165, 1.54) is 32.5 Å². The van der Waals surface area contributed by atoms with Gasteiger partial charge in [-0.2, -0.15) is 0 Å². The third-order valence-corrected chi connectivity index (χ3v) is 3.09. The van der Waals surface area contributed by atoms with Crippen LogP contribution in [0.25, 0.3) is 0 Å². The number of hydrogen-bond acceptors (Lipinski definition) is 3. The average Bonchev–Trinajstić information content (AvgIpc) is 2.20. The van der Waals surface area contributed by atoms with Crippen molar-refractivity contribution in [1.82, 2.24) is 9.80 Å². The Kier molecular flexibility index (Phi) is 6.22. The van der Waals surface area contributed by atoms with Crippen LogP contribution >= 0.6 is 0 Å². The van der Waals surface area contributed by atoms with Gasteiger partial charge in [-0.05, 0) is 52.9 Å². The van der Waals surface area contributed by atoms with Crippen molar-refractivity contribution in [1.29, 1.82) is 0 Å². The third kappa shape index (κ3) is 5.50. The summed E-state index contributed by atoms with van der Waals surface area (Å²) in [6.07, 6.45) is 2.70. The molecule has 3 heteroatoms. The molecule has 90 valence electrons. The van der Waals surface area contributed by atoms with Crippen molar-refractivity contribution in [2.24, 2.45) is 5.92 Å². The van der Waals surface area contributed by atoms with Gasteiger partial charge in [0.25, 0.3) is 0 Å². The fraction of sp³-hybridized carbons (Fsp3) is 1.00. The van der Waals surface area contributed by atoms with E-state index >= 15 is 0 Å². The van der Waals surface area contributed by atoms with E-state index in [0.717, 1.165) is 25.7 Å². The standard InChI is InChI=1S/C12H26N2O/c1-4-15-10-9-14-7-5-12(6-8-14)11-13(2)3/h12H,4-11H2,1-3H3. The van der Waals surface area contributed by atoms with Crippen LogP contribution in [-0.2, 0) is 4.74 Å². The maximum Gasteiger partial charge on any atom is 0.0593 e. The maximum atomic E-state index is 5.38. The number of nitrogens with zero attached hydrogens (tertiary/aromatic N) is 2. The third-order valence-electron chi connectivity index (χ3n) is 3.09. The molecule has 0 aromatic rings. The molecule has 0 unspecified atom stereocenters. The van der Waals surface area contributed by atoms with Gasteiger partial charge in [0.05, 0.1) is 6.61 Å². The molecule has 0 aliphatic carbocycles. The molecule has 0 atom stereocenters. The summed E-state index contributed by atoms with van der Waals surface area (Å²) in [6, 6.07) is 0. The SMILES string of the molecule is CCOCCN1CCC(CN(C)C)CC1. The van der Waals surface area contributed by atoms with E-state index in [1.807, 2.05) is 0 Å². The second kappa shape index (κ2) is 7.20. The Morgan fingerprint density at radius 1 is 1.27 bits per heavy atom. The van der Waals surface area contributed by atoms with E-state index in [-0.39, 0.29) is 0 Å². The lowest BCUT2D eigenvalue weighted by Gasteiger charge is -2.33. The van der Waals surface area contributed by atoms with Crippen molar-refractivity contribution >= 4 is 0 Å². The number of hydrogen-bond donors (Lipinski definition) is 0. The van der Waals surface area contributed by atoms with Crippen LogP contribution in [0, 0.1) is 5.92 Å². The summed E-state index contributed by atoms with van der Waals surface area (Å²) in [4.78, 5) is 4.84. The quantitative estimate of drug-likeness (QED) is 0.620. The van der Waals surface area contributed by atoms with Crippen LogP contribution in [0.3, 0.4) is 0 Å². The van der Waals surface area contributed by atoms with Crippen molar-refractivity contribution < 1.29 is 4.74 Å². The van der Waals surface area contributed by atoms with Crippen LogP contribution in [0.5, 0.6) is 0 Å². The highest BCUT2D eigenvalue weighted by atomic mass is 16.5. The topological polar surface area (TPSA) is 15.7 Å². The van der Waals surface area contributed by atoms with Gasteiger partial charge in [0.15, 0.2) is 0 Å². The van der Waals surface area contributed by atoms with Gasteiger partial charge >= 0.3 is 0 Å². The molecule has 1 heterocycles. The summed E-state index contributed by atoms with van der Waals surface area (Å²) in [7, 11) is 4.34. The number of rotatable bonds is 6. The summed E-state index contributed by atoms with van der Waals surface area (Å²) >= 11 is 0. The molecule has 15 heavy (non-hydrogen) atoms. The molecule has 0 saturated carbocycles. The first-order valence-electron chi connectivity index (χ1n) is 6.17. The summed E-state index contributed by atoms with van der Waals surface area (Å²) in [5, 5.41) is 0. The van der Waals surface area contributed by atoms with Crippen LogP contribution in [0.4, 0.5) is 0 Å². The average molecular weight is 214 g/mol. The molecule has 0 bridgehead atoms. The van der Waals surface area contributed by atoms with Gasteiger partial charge in [0.1, 0.15) is 0 Å².